The van der Waals surface area contributed by atoms with Crippen LogP contribution in [0.15, 0.2) is 12.7 Å². The fourth-order valence-electron chi connectivity index (χ4n) is 1.73. The lowest BCUT2D eigenvalue weighted by Gasteiger charge is -2.23. The van der Waals surface area contributed by atoms with E-state index in [9.17, 15) is 0 Å². The van der Waals surface area contributed by atoms with E-state index in [1.54, 1.807) is 7.11 Å². The highest BCUT2D eigenvalue weighted by molar-refractivity contribution is 4.69. The zero-order chi connectivity index (χ0) is 11.7. The number of methoxy groups -OCH3 is 1. The van der Waals surface area contributed by atoms with Gasteiger partial charge in [-0.15, -0.1) is 6.58 Å². The lowest BCUT2D eigenvalue weighted by Crippen LogP contribution is -2.22. The summed E-state index contributed by atoms with van der Waals surface area (Å²) in [4.78, 5) is 0. The Morgan fingerprint density at radius 2 is 1.87 bits per heavy atom. The molecule has 0 bridgehead atoms. The molecule has 0 amide bonds. The third-order valence-electron chi connectivity index (χ3n) is 3.13. The Hall–Kier alpha value is -0.300. The van der Waals surface area contributed by atoms with Crippen molar-refractivity contribution >= 4 is 0 Å². The second-order valence-electron chi connectivity index (χ2n) is 5.18. The second kappa shape index (κ2) is 7.92. The molecule has 0 aromatic rings. The lowest BCUT2D eigenvalue weighted by atomic mass is 9.94. The molecule has 0 spiro atoms. The van der Waals surface area contributed by atoms with Gasteiger partial charge in [0.2, 0.25) is 0 Å². The topological polar surface area (TPSA) is 9.23 Å². The van der Waals surface area contributed by atoms with Gasteiger partial charge in [0.25, 0.3) is 0 Å². The van der Waals surface area contributed by atoms with E-state index in [0.29, 0.717) is 0 Å². The van der Waals surface area contributed by atoms with Crippen LogP contribution in [-0.2, 0) is 4.74 Å². The molecular weight excluding hydrogens is 184 g/mol. The second-order valence-corrected chi connectivity index (χ2v) is 5.18. The normalized spacial score (nSPS) is 13.9. The van der Waals surface area contributed by atoms with E-state index >= 15 is 0 Å². The van der Waals surface area contributed by atoms with Crippen LogP contribution < -0.4 is 0 Å². The van der Waals surface area contributed by atoms with Gasteiger partial charge in [-0.2, -0.15) is 0 Å². The van der Waals surface area contributed by atoms with Gasteiger partial charge in [0, 0.05) is 7.11 Å². The minimum atomic E-state index is 0.0564. The molecule has 1 heteroatoms. The van der Waals surface area contributed by atoms with Crippen molar-refractivity contribution in [1.82, 2.24) is 0 Å². The fraction of sp³-hybridized carbons (Fsp3) is 0.857. The number of unbranched alkanes of at least 4 members (excludes halogenated alkanes) is 1. The molecule has 0 rings (SSSR count). The zero-order valence-electron chi connectivity index (χ0n) is 11.0. The van der Waals surface area contributed by atoms with Gasteiger partial charge in [0.05, 0.1) is 5.60 Å². The zero-order valence-corrected chi connectivity index (χ0v) is 11.0. The van der Waals surface area contributed by atoms with E-state index < -0.39 is 0 Å². The van der Waals surface area contributed by atoms with Crippen LogP contribution in [0, 0.1) is 5.92 Å². The highest BCUT2D eigenvalue weighted by atomic mass is 16.5. The SMILES string of the molecule is C=CCCCC(C)CCCC(C)(C)OC. The van der Waals surface area contributed by atoms with Gasteiger partial charge in [-0.25, -0.2) is 0 Å². The van der Waals surface area contributed by atoms with Gasteiger partial charge in [-0.05, 0) is 39.0 Å². The summed E-state index contributed by atoms with van der Waals surface area (Å²) >= 11 is 0. The molecule has 1 nitrogen and oxygen atoms in total. The van der Waals surface area contributed by atoms with E-state index in [1.165, 1.54) is 25.7 Å². The van der Waals surface area contributed by atoms with Crippen LogP contribution >= 0.6 is 0 Å². The Morgan fingerprint density at radius 1 is 1.27 bits per heavy atom. The summed E-state index contributed by atoms with van der Waals surface area (Å²) in [5.41, 5.74) is 0.0564. The summed E-state index contributed by atoms with van der Waals surface area (Å²) in [6.07, 6.45) is 9.56. The van der Waals surface area contributed by atoms with Crippen molar-refractivity contribution in [3.63, 3.8) is 0 Å². The first-order valence-corrected chi connectivity index (χ1v) is 6.18. The van der Waals surface area contributed by atoms with E-state index in [0.717, 1.165) is 18.8 Å². The van der Waals surface area contributed by atoms with Gasteiger partial charge in [-0.3, -0.25) is 0 Å². The Labute approximate surface area is 95.9 Å². The van der Waals surface area contributed by atoms with E-state index in [2.05, 4.69) is 27.4 Å². The van der Waals surface area contributed by atoms with Crippen LogP contribution in [0.4, 0.5) is 0 Å². The van der Waals surface area contributed by atoms with Crippen molar-refractivity contribution in [2.24, 2.45) is 5.92 Å². The van der Waals surface area contributed by atoms with Gasteiger partial charge < -0.3 is 4.74 Å². The first-order valence-electron chi connectivity index (χ1n) is 6.18. The molecule has 0 fully saturated rings. The van der Waals surface area contributed by atoms with E-state index in [4.69, 9.17) is 4.74 Å². The van der Waals surface area contributed by atoms with Crippen molar-refractivity contribution in [3.8, 4) is 0 Å². The van der Waals surface area contributed by atoms with Crippen molar-refractivity contribution < 1.29 is 4.74 Å². The van der Waals surface area contributed by atoms with Crippen LogP contribution in [-0.4, -0.2) is 12.7 Å². The Balaban J connectivity index is 3.46. The van der Waals surface area contributed by atoms with Gasteiger partial charge in [0.15, 0.2) is 0 Å². The van der Waals surface area contributed by atoms with Crippen molar-refractivity contribution in [2.75, 3.05) is 7.11 Å². The average Bonchev–Trinajstić information content (AvgIpc) is 2.18. The summed E-state index contributed by atoms with van der Waals surface area (Å²) in [6, 6.07) is 0. The summed E-state index contributed by atoms with van der Waals surface area (Å²) in [7, 11) is 1.80. The first kappa shape index (κ1) is 14.7. The van der Waals surface area contributed by atoms with Crippen LogP contribution in [0.5, 0.6) is 0 Å². The van der Waals surface area contributed by atoms with Crippen LogP contribution in [0.2, 0.25) is 0 Å². The molecule has 0 N–H and O–H groups in total. The van der Waals surface area contributed by atoms with Crippen LogP contribution in [0.25, 0.3) is 0 Å². The molecular formula is C14H28O. The average molecular weight is 212 g/mol. The smallest absolute Gasteiger partial charge is 0.0622 e. The molecule has 0 aromatic carbocycles. The highest BCUT2D eigenvalue weighted by Gasteiger charge is 2.15. The van der Waals surface area contributed by atoms with Gasteiger partial charge >= 0.3 is 0 Å². The van der Waals surface area contributed by atoms with Crippen LogP contribution in [0.1, 0.15) is 59.3 Å². The number of rotatable bonds is 9. The maximum atomic E-state index is 5.40. The standard InChI is InChI=1S/C14H28O/c1-6-7-8-10-13(2)11-9-12-14(3,4)15-5/h6,13H,1,7-12H2,2-5H3. The molecule has 0 aliphatic heterocycles. The van der Waals surface area contributed by atoms with Gasteiger partial charge in [-0.1, -0.05) is 32.3 Å². The van der Waals surface area contributed by atoms with Crippen LogP contribution in [0.3, 0.4) is 0 Å². The third-order valence-corrected chi connectivity index (χ3v) is 3.13. The Kier molecular flexibility index (Phi) is 7.76. The first-order chi connectivity index (χ1) is 7.02. The third kappa shape index (κ3) is 8.68. The summed E-state index contributed by atoms with van der Waals surface area (Å²) in [5, 5.41) is 0. The van der Waals surface area contributed by atoms with Crippen molar-refractivity contribution in [3.05, 3.63) is 12.7 Å². The molecule has 15 heavy (non-hydrogen) atoms. The molecule has 0 saturated carbocycles. The number of hydrogen-bond acceptors (Lipinski definition) is 1. The molecule has 0 radical (unpaired) electrons. The monoisotopic (exact) mass is 212 g/mol. The summed E-state index contributed by atoms with van der Waals surface area (Å²) in [6.45, 7) is 10.4. The van der Waals surface area contributed by atoms with E-state index in [1.807, 2.05) is 6.08 Å². The number of hydrogen-bond donors (Lipinski definition) is 0. The van der Waals surface area contributed by atoms with E-state index in [-0.39, 0.29) is 5.60 Å². The number of allylic oxidation sites excluding steroid dienone is 1. The minimum absolute atomic E-state index is 0.0564. The summed E-state index contributed by atoms with van der Waals surface area (Å²) < 4.78 is 5.40. The van der Waals surface area contributed by atoms with Crippen molar-refractivity contribution in [1.29, 1.82) is 0 Å². The predicted molar refractivity (Wildman–Crippen MR) is 68.2 cm³/mol. The maximum Gasteiger partial charge on any atom is 0.0622 e. The summed E-state index contributed by atoms with van der Waals surface area (Å²) in [5.74, 6) is 0.845. The molecule has 0 saturated heterocycles. The molecule has 1 unspecified atom stereocenters. The Morgan fingerprint density at radius 3 is 2.40 bits per heavy atom. The largest absolute Gasteiger partial charge is 0.379 e. The molecule has 0 aromatic heterocycles. The predicted octanol–water partition coefficient (Wildman–Crippen LogP) is 4.57. The maximum absolute atomic E-state index is 5.40. The fourth-order valence-corrected chi connectivity index (χ4v) is 1.73. The van der Waals surface area contributed by atoms with Crippen molar-refractivity contribution in [2.45, 2.75) is 64.9 Å². The van der Waals surface area contributed by atoms with Gasteiger partial charge in [0.1, 0.15) is 0 Å². The molecule has 1 atom stereocenters. The molecule has 0 aliphatic rings. The highest BCUT2D eigenvalue weighted by Crippen LogP contribution is 2.21. The molecule has 0 heterocycles. The minimum Gasteiger partial charge on any atom is -0.379 e. The molecule has 0 aliphatic carbocycles. The Bertz CT molecular complexity index is 161. The number of ether oxygens (including phenoxy) is 1. The quantitative estimate of drug-likeness (QED) is 0.402. The lowest BCUT2D eigenvalue weighted by molar-refractivity contribution is 0.0127. The molecule has 90 valence electrons.